The highest BCUT2D eigenvalue weighted by Gasteiger charge is 2.34. The zero-order chi connectivity index (χ0) is 10.0. The van der Waals surface area contributed by atoms with Crippen molar-refractivity contribution in [2.24, 2.45) is 0 Å². The zero-order valence-electron chi connectivity index (χ0n) is 8.24. The first-order valence-corrected chi connectivity index (χ1v) is 5.14. The first-order chi connectivity index (χ1) is 6.72. The maximum atomic E-state index is 10.3. The molecule has 0 saturated carbocycles. The van der Waals surface area contributed by atoms with Gasteiger partial charge in [-0.2, -0.15) is 0 Å². The smallest absolute Gasteiger partial charge is 0.110 e. The van der Waals surface area contributed by atoms with Crippen LogP contribution in [0, 0.1) is 0 Å². The van der Waals surface area contributed by atoms with Crippen LogP contribution in [0.15, 0.2) is 18.3 Å². The molecular formula is C10H14Cl2N2O. The number of hydrogen-bond donors (Lipinski definition) is 2. The Morgan fingerprint density at radius 3 is 2.67 bits per heavy atom. The minimum absolute atomic E-state index is 0. The van der Waals surface area contributed by atoms with Crippen molar-refractivity contribution in [1.29, 1.82) is 0 Å². The van der Waals surface area contributed by atoms with E-state index in [1.807, 2.05) is 0 Å². The lowest BCUT2D eigenvalue weighted by Crippen LogP contribution is -2.40. The van der Waals surface area contributed by atoms with Crippen LogP contribution in [0.3, 0.4) is 0 Å². The molecule has 1 aliphatic rings. The average Bonchev–Trinajstić information content (AvgIpc) is 2.19. The lowest BCUT2D eigenvalue weighted by molar-refractivity contribution is 0.00199. The SMILES string of the molecule is Cl.OC1(c2ncccc2Cl)CCNCC1. The second-order valence-corrected chi connectivity index (χ2v) is 4.02. The van der Waals surface area contributed by atoms with Crippen LogP contribution in [0.1, 0.15) is 18.5 Å². The number of pyridine rings is 1. The summed E-state index contributed by atoms with van der Waals surface area (Å²) in [6, 6.07) is 3.54. The van der Waals surface area contributed by atoms with E-state index in [2.05, 4.69) is 10.3 Å². The standard InChI is InChI=1S/C10H13ClN2O.ClH/c11-8-2-1-5-13-9(8)10(14)3-6-12-7-4-10;/h1-2,5,12,14H,3-4,6-7H2;1H. The van der Waals surface area contributed by atoms with Crippen LogP contribution in [-0.2, 0) is 5.60 Å². The second-order valence-electron chi connectivity index (χ2n) is 3.62. The van der Waals surface area contributed by atoms with Gasteiger partial charge >= 0.3 is 0 Å². The van der Waals surface area contributed by atoms with Gasteiger partial charge in [0, 0.05) is 6.20 Å². The summed E-state index contributed by atoms with van der Waals surface area (Å²) >= 11 is 6.00. The molecule has 2 N–H and O–H groups in total. The highest BCUT2D eigenvalue weighted by molar-refractivity contribution is 6.31. The van der Waals surface area contributed by atoms with Gasteiger partial charge in [-0.1, -0.05) is 11.6 Å². The Hall–Kier alpha value is -0.350. The first-order valence-electron chi connectivity index (χ1n) is 4.76. The summed E-state index contributed by atoms with van der Waals surface area (Å²) in [7, 11) is 0. The number of rotatable bonds is 1. The molecule has 5 heteroatoms. The highest BCUT2D eigenvalue weighted by atomic mass is 35.5. The Morgan fingerprint density at radius 2 is 2.07 bits per heavy atom. The topological polar surface area (TPSA) is 45.2 Å². The molecule has 1 aromatic heterocycles. The maximum Gasteiger partial charge on any atom is 0.110 e. The molecule has 1 fully saturated rings. The van der Waals surface area contributed by atoms with E-state index in [-0.39, 0.29) is 12.4 Å². The van der Waals surface area contributed by atoms with E-state index in [9.17, 15) is 5.11 Å². The number of piperidine rings is 1. The van der Waals surface area contributed by atoms with Gasteiger partial charge in [0.25, 0.3) is 0 Å². The molecule has 1 aromatic rings. The van der Waals surface area contributed by atoms with Crippen LogP contribution in [-0.4, -0.2) is 23.2 Å². The molecule has 1 aliphatic heterocycles. The van der Waals surface area contributed by atoms with Gasteiger partial charge in [0.1, 0.15) is 5.60 Å². The van der Waals surface area contributed by atoms with Crippen LogP contribution in [0.5, 0.6) is 0 Å². The Morgan fingerprint density at radius 1 is 1.40 bits per heavy atom. The monoisotopic (exact) mass is 248 g/mol. The Kier molecular flexibility index (Phi) is 4.34. The fourth-order valence-electron chi connectivity index (χ4n) is 1.81. The quantitative estimate of drug-likeness (QED) is 0.796. The van der Waals surface area contributed by atoms with Gasteiger partial charge in [-0.15, -0.1) is 12.4 Å². The highest BCUT2D eigenvalue weighted by Crippen LogP contribution is 2.32. The molecule has 2 heterocycles. The predicted octanol–water partition coefficient (Wildman–Crippen LogP) is 1.73. The van der Waals surface area contributed by atoms with Gasteiger partial charge in [0.15, 0.2) is 0 Å². The summed E-state index contributed by atoms with van der Waals surface area (Å²) < 4.78 is 0. The molecule has 0 aromatic carbocycles. The van der Waals surface area contributed by atoms with E-state index in [1.165, 1.54) is 0 Å². The van der Waals surface area contributed by atoms with E-state index in [0.717, 1.165) is 13.1 Å². The van der Waals surface area contributed by atoms with Gasteiger partial charge in [-0.25, -0.2) is 0 Å². The average molecular weight is 249 g/mol. The minimum atomic E-state index is -0.844. The predicted molar refractivity (Wildman–Crippen MR) is 62.5 cm³/mol. The van der Waals surface area contributed by atoms with Crippen molar-refractivity contribution in [3.8, 4) is 0 Å². The third kappa shape index (κ3) is 2.61. The van der Waals surface area contributed by atoms with Crippen molar-refractivity contribution < 1.29 is 5.11 Å². The summed E-state index contributed by atoms with van der Waals surface area (Å²) in [5.41, 5.74) is -0.230. The molecule has 15 heavy (non-hydrogen) atoms. The fraction of sp³-hybridized carbons (Fsp3) is 0.500. The Balaban J connectivity index is 0.00000112. The molecule has 2 rings (SSSR count). The van der Waals surface area contributed by atoms with Crippen molar-refractivity contribution >= 4 is 24.0 Å². The molecule has 0 atom stereocenters. The molecule has 0 bridgehead atoms. The minimum Gasteiger partial charge on any atom is -0.383 e. The van der Waals surface area contributed by atoms with Crippen molar-refractivity contribution in [1.82, 2.24) is 10.3 Å². The van der Waals surface area contributed by atoms with Gasteiger partial charge in [0.2, 0.25) is 0 Å². The number of aliphatic hydroxyl groups is 1. The van der Waals surface area contributed by atoms with Crippen molar-refractivity contribution in [3.05, 3.63) is 29.0 Å². The lowest BCUT2D eigenvalue weighted by atomic mass is 9.88. The number of aromatic nitrogens is 1. The molecule has 0 amide bonds. The fourth-order valence-corrected chi connectivity index (χ4v) is 2.10. The summed E-state index contributed by atoms with van der Waals surface area (Å²) in [6.45, 7) is 1.62. The second kappa shape index (κ2) is 5.12. The molecule has 3 nitrogen and oxygen atoms in total. The first kappa shape index (κ1) is 12.7. The summed E-state index contributed by atoms with van der Waals surface area (Å²) in [6.07, 6.45) is 3.01. The summed E-state index contributed by atoms with van der Waals surface area (Å²) in [4.78, 5) is 4.16. The van der Waals surface area contributed by atoms with E-state index >= 15 is 0 Å². The van der Waals surface area contributed by atoms with Crippen molar-refractivity contribution in [2.45, 2.75) is 18.4 Å². The largest absolute Gasteiger partial charge is 0.383 e. The number of nitrogens with zero attached hydrogens (tertiary/aromatic N) is 1. The van der Waals surface area contributed by atoms with Crippen LogP contribution >= 0.6 is 24.0 Å². The molecule has 0 unspecified atom stereocenters. The van der Waals surface area contributed by atoms with Crippen molar-refractivity contribution in [3.63, 3.8) is 0 Å². The van der Waals surface area contributed by atoms with E-state index in [4.69, 9.17) is 11.6 Å². The lowest BCUT2D eigenvalue weighted by Gasteiger charge is -2.32. The van der Waals surface area contributed by atoms with Crippen LogP contribution in [0.4, 0.5) is 0 Å². The van der Waals surface area contributed by atoms with E-state index < -0.39 is 5.60 Å². The number of nitrogens with one attached hydrogen (secondary N) is 1. The van der Waals surface area contributed by atoms with Gasteiger partial charge in [-0.05, 0) is 38.1 Å². The third-order valence-corrected chi connectivity index (χ3v) is 2.93. The summed E-state index contributed by atoms with van der Waals surface area (Å²) in [5, 5.41) is 14.1. The van der Waals surface area contributed by atoms with Crippen LogP contribution in [0.2, 0.25) is 5.02 Å². The van der Waals surface area contributed by atoms with Gasteiger partial charge in [-0.3, -0.25) is 4.98 Å². The molecule has 1 saturated heterocycles. The number of hydrogen-bond acceptors (Lipinski definition) is 3. The van der Waals surface area contributed by atoms with Crippen LogP contribution in [0.25, 0.3) is 0 Å². The van der Waals surface area contributed by atoms with Crippen molar-refractivity contribution in [2.75, 3.05) is 13.1 Å². The Bertz CT molecular complexity index is 327. The molecule has 0 aliphatic carbocycles. The van der Waals surface area contributed by atoms with Gasteiger partial charge < -0.3 is 10.4 Å². The normalized spacial score (nSPS) is 19.3. The van der Waals surface area contributed by atoms with E-state index in [1.54, 1.807) is 18.3 Å². The molecular weight excluding hydrogens is 235 g/mol. The molecule has 84 valence electrons. The third-order valence-electron chi connectivity index (χ3n) is 2.63. The summed E-state index contributed by atoms with van der Waals surface area (Å²) in [5.74, 6) is 0. The molecule has 0 spiro atoms. The van der Waals surface area contributed by atoms with Gasteiger partial charge in [0.05, 0.1) is 10.7 Å². The Labute approximate surface area is 100 Å². The van der Waals surface area contributed by atoms with Crippen LogP contribution < -0.4 is 5.32 Å². The number of halogens is 2. The zero-order valence-corrected chi connectivity index (χ0v) is 9.81. The van der Waals surface area contributed by atoms with E-state index in [0.29, 0.717) is 23.6 Å². The maximum absolute atomic E-state index is 10.3. The molecule has 0 radical (unpaired) electrons.